The molecule has 0 unspecified atom stereocenters. The normalized spacial score (nSPS) is 11.5. The Morgan fingerprint density at radius 2 is 1.79 bits per heavy atom. The van der Waals surface area contributed by atoms with E-state index in [2.05, 4.69) is 0 Å². The van der Waals surface area contributed by atoms with E-state index in [0.29, 0.717) is 16.9 Å². The molecule has 2 aromatic carbocycles. The topological polar surface area (TPSA) is 63.7 Å². The van der Waals surface area contributed by atoms with Crippen molar-refractivity contribution < 1.29 is 17.9 Å². The summed E-state index contributed by atoms with van der Waals surface area (Å²) in [6.45, 7) is 1.80. The van der Waals surface area contributed by atoms with Gasteiger partial charge in [0.1, 0.15) is 9.96 Å². The van der Waals surface area contributed by atoms with E-state index in [1.165, 1.54) is 29.7 Å². The summed E-state index contributed by atoms with van der Waals surface area (Å²) >= 11 is 1.18. The van der Waals surface area contributed by atoms with Crippen LogP contribution in [0.2, 0.25) is 0 Å². The molecule has 146 valence electrons. The third-order valence-electron chi connectivity index (χ3n) is 4.32. The Labute approximate surface area is 169 Å². The van der Waals surface area contributed by atoms with Crippen molar-refractivity contribution in [1.82, 2.24) is 4.31 Å². The predicted molar refractivity (Wildman–Crippen MR) is 110 cm³/mol. The van der Waals surface area contributed by atoms with Gasteiger partial charge in [-0.2, -0.15) is 4.31 Å². The van der Waals surface area contributed by atoms with Crippen LogP contribution in [0.3, 0.4) is 0 Å². The van der Waals surface area contributed by atoms with Crippen LogP contribution in [0, 0.1) is 0 Å². The predicted octanol–water partition coefficient (Wildman–Crippen LogP) is 4.35. The van der Waals surface area contributed by atoms with Crippen LogP contribution in [0.4, 0.5) is 0 Å². The number of carbonyl (C=O) groups excluding carboxylic acids is 1. The maximum absolute atomic E-state index is 13.2. The van der Waals surface area contributed by atoms with Crippen molar-refractivity contribution in [2.24, 2.45) is 0 Å². The molecule has 0 atom stereocenters. The van der Waals surface area contributed by atoms with Crippen LogP contribution in [0.1, 0.15) is 28.4 Å². The number of nitrogens with zero attached hydrogens (tertiary/aromatic N) is 1. The Morgan fingerprint density at radius 1 is 1.04 bits per heavy atom. The molecule has 0 saturated heterocycles. The van der Waals surface area contributed by atoms with Crippen LogP contribution in [-0.4, -0.2) is 25.6 Å². The number of Topliss-reactive ketones (excluding diaryl/α,β-unsaturated/α-hetero) is 1. The van der Waals surface area contributed by atoms with E-state index in [9.17, 15) is 13.2 Å². The van der Waals surface area contributed by atoms with Crippen molar-refractivity contribution in [3.63, 3.8) is 0 Å². The van der Waals surface area contributed by atoms with Crippen molar-refractivity contribution in [2.75, 3.05) is 7.11 Å². The fourth-order valence-corrected chi connectivity index (χ4v) is 5.41. The molecule has 28 heavy (non-hydrogen) atoms. The maximum atomic E-state index is 13.2. The Balaban J connectivity index is 2.03. The molecule has 5 nitrogen and oxygen atoms in total. The van der Waals surface area contributed by atoms with E-state index in [0.717, 1.165) is 5.56 Å². The lowest BCUT2D eigenvalue weighted by atomic mass is 10.1. The quantitative estimate of drug-likeness (QED) is 0.513. The average molecular weight is 416 g/mol. The molecule has 0 N–H and O–H groups in total. The van der Waals surface area contributed by atoms with Crippen LogP contribution < -0.4 is 4.74 Å². The number of carbonyl (C=O) groups is 1. The maximum Gasteiger partial charge on any atom is 0.253 e. The highest BCUT2D eigenvalue weighted by molar-refractivity contribution is 7.91. The molecular weight excluding hydrogens is 394 g/mol. The molecule has 0 radical (unpaired) electrons. The largest absolute Gasteiger partial charge is 0.496 e. The second kappa shape index (κ2) is 8.68. The number of sulfonamides is 1. The lowest BCUT2D eigenvalue weighted by Gasteiger charge is -2.23. The number of ether oxygens (including phenoxy) is 1. The Bertz CT molecular complexity index is 1050. The first kappa shape index (κ1) is 20.3. The molecule has 3 aromatic rings. The highest BCUT2D eigenvalue weighted by Gasteiger charge is 2.27. The molecule has 0 bridgehead atoms. The molecule has 0 fully saturated rings. The summed E-state index contributed by atoms with van der Waals surface area (Å²) in [5.41, 5.74) is 2.04. The third kappa shape index (κ3) is 4.49. The summed E-state index contributed by atoms with van der Waals surface area (Å²) in [4.78, 5) is 11.8. The number of thiophene rings is 1. The lowest BCUT2D eigenvalue weighted by Crippen LogP contribution is -2.30. The number of methoxy groups -OCH3 is 1. The van der Waals surface area contributed by atoms with Crippen LogP contribution in [0.15, 0.2) is 70.3 Å². The zero-order chi connectivity index (χ0) is 20.1. The number of ketones is 1. The van der Waals surface area contributed by atoms with Crippen molar-refractivity contribution in [3.8, 4) is 5.75 Å². The lowest BCUT2D eigenvalue weighted by molar-refractivity contribution is 0.101. The van der Waals surface area contributed by atoms with Gasteiger partial charge in [-0.3, -0.25) is 4.79 Å². The van der Waals surface area contributed by atoms with Crippen molar-refractivity contribution >= 4 is 27.1 Å². The van der Waals surface area contributed by atoms with Crippen LogP contribution >= 0.6 is 11.3 Å². The summed E-state index contributed by atoms with van der Waals surface area (Å²) in [7, 11) is -2.17. The van der Waals surface area contributed by atoms with Crippen LogP contribution in [0.5, 0.6) is 5.75 Å². The van der Waals surface area contributed by atoms with Gasteiger partial charge in [0, 0.05) is 24.2 Å². The Morgan fingerprint density at radius 3 is 2.39 bits per heavy atom. The molecule has 1 aromatic heterocycles. The smallest absolute Gasteiger partial charge is 0.253 e. The second-order valence-electron chi connectivity index (χ2n) is 6.27. The van der Waals surface area contributed by atoms with E-state index < -0.39 is 10.0 Å². The Kier molecular flexibility index (Phi) is 6.28. The molecule has 0 aliphatic carbocycles. The van der Waals surface area contributed by atoms with Crippen LogP contribution in [-0.2, 0) is 23.1 Å². The zero-order valence-electron chi connectivity index (χ0n) is 15.7. The molecule has 0 saturated carbocycles. The third-order valence-corrected chi connectivity index (χ3v) is 7.49. The summed E-state index contributed by atoms with van der Waals surface area (Å²) < 4.78 is 33.6. The summed E-state index contributed by atoms with van der Waals surface area (Å²) in [6.07, 6.45) is 0. The molecule has 0 aliphatic rings. The van der Waals surface area contributed by atoms with E-state index in [-0.39, 0.29) is 23.1 Å². The van der Waals surface area contributed by atoms with Gasteiger partial charge >= 0.3 is 0 Å². The number of rotatable bonds is 8. The molecular formula is C21H21NO4S2. The van der Waals surface area contributed by atoms with Gasteiger partial charge in [0.05, 0.1) is 7.11 Å². The van der Waals surface area contributed by atoms with Crippen molar-refractivity contribution in [1.29, 1.82) is 0 Å². The fourth-order valence-electron chi connectivity index (χ4n) is 2.86. The van der Waals surface area contributed by atoms with E-state index in [1.807, 2.05) is 30.3 Å². The van der Waals surface area contributed by atoms with E-state index >= 15 is 0 Å². The van der Waals surface area contributed by atoms with E-state index in [1.54, 1.807) is 35.7 Å². The standard InChI is InChI=1S/C21H21NO4S2/c1-16(23)18-10-11-20(26-2)19(13-18)15-22(14-17-7-4-3-5-8-17)28(24,25)21-9-6-12-27-21/h3-13H,14-15H2,1-2H3. The van der Waals surface area contributed by atoms with Gasteiger partial charge in [0.25, 0.3) is 10.0 Å². The Hall–Kier alpha value is -2.48. The average Bonchev–Trinajstić information content (AvgIpc) is 3.24. The molecule has 0 aliphatic heterocycles. The first-order valence-electron chi connectivity index (χ1n) is 8.67. The van der Waals surface area contributed by atoms with Gasteiger partial charge < -0.3 is 4.74 Å². The molecule has 0 spiro atoms. The summed E-state index contributed by atoms with van der Waals surface area (Å²) in [6, 6.07) is 17.8. The van der Waals surface area contributed by atoms with Gasteiger partial charge in [-0.25, -0.2) is 8.42 Å². The SMILES string of the molecule is COc1ccc(C(C)=O)cc1CN(Cc1ccccc1)S(=O)(=O)c1cccs1. The molecule has 3 rings (SSSR count). The van der Waals surface area contributed by atoms with Gasteiger partial charge in [0.15, 0.2) is 5.78 Å². The molecule has 7 heteroatoms. The second-order valence-corrected chi connectivity index (χ2v) is 9.39. The van der Waals surface area contributed by atoms with Gasteiger partial charge in [-0.05, 0) is 42.1 Å². The van der Waals surface area contributed by atoms with Gasteiger partial charge in [-0.1, -0.05) is 36.4 Å². The van der Waals surface area contributed by atoms with Crippen molar-refractivity contribution in [3.05, 3.63) is 82.7 Å². The highest BCUT2D eigenvalue weighted by atomic mass is 32.2. The van der Waals surface area contributed by atoms with Crippen LogP contribution in [0.25, 0.3) is 0 Å². The van der Waals surface area contributed by atoms with E-state index in [4.69, 9.17) is 4.74 Å². The summed E-state index contributed by atoms with van der Waals surface area (Å²) in [5.74, 6) is 0.462. The zero-order valence-corrected chi connectivity index (χ0v) is 17.3. The highest BCUT2D eigenvalue weighted by Crippen LogP contribution is 2.28. The van der Waals surface area contributed by atoms with Crippen molar-refractivity contribution in [2.45, 2.75) is 24.2 Å². The first-order valence-corrected chi connectivity index (χ1v) is 11.0. The van der Waals surface area contributed by atoms with Gasteiger partial charge in [-0.15, -0.1) is 11.3 Å². The van der Waals surface area contributed by atoms with Gasteiger partial charge in [0.2, 0.25) is 0 Å². The fraction of sp³-hybridized carbons (Fsp3) is 0.190. The first-order chi connectivity index (χ1) is 13.4. The summed E-state index contributed by atoms with van der Waals surface area (Å²) in [5, 5.41) is 1.74. The number of benzene rings is 2. The minimum absolute atomic E-state index is 0.0837. The molecule has 0 amide bonds. The monoisotopic (exact) mass is 415 g/mol. The minimum Gasteiger partial charge on any atom is -0.496 e. The minimum atomic E-state index is -3.70. The molecule has 1 heterocycles. The number of hydrogen-bond acceptors (Lipinski definition) is 5. The number of hydrogen-bond donors (Lipinski definition) is 0.